The molecule has 174 valence electrons. The maximum absolute atomic E-state index is 13.5. The van der Waals surface area contributed by atoms with E-state index in [0.29, 0.717) is 17.2 Å². The number of anilines is 1. The quantitative estimate of drug-likeness (QED) is 0.312. The number of aryl methyl sites for hydroxylation is 1. The summed E-state index contributed by atoms with van der Waals surface area (Å²) < 4.78 is 29.2. The van der Waals surface area contributed by atoms with E-state index in [1.807, 2.05) is 0 Å². The van der Waals surface area contributed by atoms with E-state index in [0.717, 1.165) is 4.90 Å². The molecule has 4 aliphatic heterocycles. The van der Waals surface area contributed by atoms with Crippen molar-refractivity contribution < 1.29 is 22.9 Å². The zero-order valence-corrected chi connectivity index (χ0v) is 18.6. The van der Waals surface area contributed by atoms with Gasteiger partial charge in [0.1, 0.15) is 6.04 Å². The number of piperidine rings is 1. The van der Waals surface area contributed by atoms with E-state index in [-0.39, 0.29) is 22.9 Å². The number of rotatable bonds is 4. The van der Waals surface area contributed by atoms with Crippen molar-refractivity contribution >= 4 is 44.1 Å². The highest BCUT2D eigenvalue weighted by atomic mass is 32.2. The Kier molecular flexibility index (Phi) is 4.17. The standard InChI is InChI=1S/C21H18N6O6S/c1-23-10-18(22-11-23)34(32,33)26-12-8-17(26)19-20(28)25(21(29)24(19)9-12)15-6-7-16(27(30)31)14-5-3-2-4-13(14)15/h2-7,10-12,17,19H,8-9H2,1H3/t12?,17-,19+/m1/s1. The lowest BCUT2D eigenvalue weighted by molar-refractivity contribution is -0.383. The van der Waals surface area contributed by atoms with Crippen molar-refractivity contribution in [2.24, 2.45) is 7.05 Å². The average Bonchev–Trinajstić information content (AvgIpc) is 3.35. The average molecular weight is 482 g/mol. The molecule has 4 aliphatic rings. The van der Waals surface area contributed by atoms with Crippen molar-refractivity contribution in [3.05, 3.63) is 59.0 Å². The van der Waals surface area contributed by atoms with Gasteiger partial charge in [-0.3, -0.25) is 14.9 Å². The van der Waals surface area contributed by atoms with Gasteiger partial charge in [0.25, 0.3) is 21.6 Å². The first kappa shape index (κ1) is 20.7. The first-order chi connectivity index (χ1) is 16.2. The molecular formula is C21H18N6O6S. The Bertz CT molecular complexity index is 1520. The maximum Gasteiger partial charge on any atom is 0.332 e. The van der Waals surface area contributed by atoms with E-state index in [1.54, 1.807) is 31.3 Å². The number of benzene rings is 2. The highest BCUT2D eigenvalue weighted by Crippen LogP contribution is 2.45. The number of imide groups is 1. The Morgan fingerprint density at radius 2 is 1.85 bits per heavy atom. The smallest absolute Gasteiger partial charge is 0.332 e. The Balaban J connectivity index is 1.40. The van der Waals surface area contributed by atoms with Gasteiger partial charge in [-0.05, 0) is 18.6 Å². The largest absolute Gasteiger partial charge is 0.339 e. The zero-order valence-electron chi connectivity index (χ0n) is 17.8. The molecule has 12 nitrogen and oxygen atoms in total. The zero-order chi connectivity index (χ0) is 23.9. The number of urea groups is 1. The highest BCUT2D eigenvalue weighted by molar-refractivity contribution is 7.89. The third kappa shape index (κ3) is 2.61. The molecule has 7 rings (SSSR count). The summed E-state index contributed by atoms with van der Waals surface area (Å²) in [6.07, 6.45) is 3.25. The number of piperazine rings is 1. The fourth-order valence-electron chi connectivity index (χ4n) is 5.29. The molecule has 3 amide bonds. The van der Waals surface area contributed by atoms with Crippen LogP contribution in [-0.4, -0.2) is 68.7 Å². The first-order valence-corrected chi connectivity index (χ1v) is 12.0. The monoisotopic (exact) mass is 482 g/mol. The summed E-state index contributed by atoms with van der Waals surface area (Å²) in [5, 5.41) is 12.1. The molecule has 2 aromatic carbocycles. The maximum atomic E-state index is 13.5. The molecule has 2 bridgehead atoms. The Hall–Kier alpha value is -3.84. The lowest BCUT2D eigenvalue weighted by atomic mass is 9.85. The summed E-state index contributed by atoms with van der Waals surface area (Å²) in [6.45, 7) is 0.0826. The van der Waals surface area contributed by atoms with Gasteiger partial charge < -0.3 is 9.47 Å². The van der Waals surface area contributed by atoms with Gasteiger partial charge >= 0.3 is 6.03 Å². The third-order valence-corrected chi connectivity index (χ3v) is 8.62. The molecule has 0 aliphatic carbocycles. The van der Waals surface area contributed by atoms with Crippen molar-refractivity contribution in [3.8, 4) is 0 Å². The van der Waals surface area contributed by atoms with E-state index in [1.165, 1.54) is 38.4 Å². The molecule has 3 aromatic rings. The highest BCUT2D eigenvalue weighted by Gasteiger charge is 2.64. The van der Waals surface area contributed by atoms with Crippen molar-refractivity contribution in [1.29, 1.82) is 0 Å². The SMILES string of the molecule is Cn1cnc(S(=O)(=O)N2C3C[C@@H]2[C@H]2C(=O)N(c4ccc([N+](=O)[O-])c5ccccc45)C(=O)N2C3)c1. The summed E-state index contributed by atoms with van der Waals surface area (Å²) in [6, 6.07) is 6.49. The molecular weight excluding hydrogens is 464 g/mol. The van der Waals surface area contributed by atoms with E-state index in [4.69, 9.17) is 0 Å². The summed E-state index contributed by atoms with van der Waals surface area (Å²) in [4.78, 5) is 44.2. The Morgan fingerprint density at radius 3 is 2.53 bits per heavy atom. The van der Waals surface area contributed by atoms with E-state index >= 15 is 0 Å². The number of aromatic nitrogens is 2. The van der Waals surface area contributed by atoms with E-state index < -0.39 is 45.0 Å². The summed E-state index contributed by atoms with van der Waals surface area (Å²) in [5.41, 5.74) is 0.105. The van der Waals surface area contributed by atoms with Crippen LogP contribution in [0.5, 0.6) is 0 Å². The van der Waals surface area contributed by atoms with Crippen LogP contribution in [0.1, 0.15) is 6.42 Å². The van der Waals surface area contributed by atoms with Crippen LogP contribution in [0.4, 0.5) is 16.2 Å². The van der Waals surface area contributed by atoms with Crippen molar-refractivity contribution in [2.45, 2.75) is 29.6 Å². The number of carbonyl (C=O) groups is 2. The predicted octanol–water partition coefficient (Wildman–Crippen LogP) is 1.46. The molecule has 4 saturated heterocycles. The number of nitro groups is 1. The van der Waals surface area contributed by atoms with Crippen LogP contribution in [0.25, 0.3) is 10.8 Å². The van der Waals surface area contributed by atoms with Gasteiger partial charge in [-0.15, -0.1) is 0 Å². The third-order valence-electron chi connectivity index (χ3n) is 6.76. The normalized spacial score (nSPS) is 24.4. The second kappa shape index (κ2) is 6.84. The van der Waals surface area contributed by atoms with E-state index in [2.05, 4.69) is 4.98 Å². The van der Waals surface area contributed by atoms with Gasteiger partial charge in [0, 0.05) is 37.3 Å². The van der Waals surface area contributed by atoms with Gasteiger partial charge in [0.2, 0.25) is 0 Å². The number of carbonyl (C=O) groups excluding carboxylic acids is 2. The lowest BCUT2D eigenvalue weighted by Crippen LogP contribution is -2.74. The van der Waals surface area contributed by atoms with Gasteiger partial charge in [-0.25, -0.2) is 23.1 Å². The molecule has 34 heavy (non-hydrogen) atoms. The lowest BCUT2D eigenvalue weighted by Gasteiger charge is -2.55. The van der Waals surface area contributed by atoms with Crippen molar-refractivity contribution in [2.75, 3.05) is 11.4 Å². The van der Waals surface area contributed by atoms with Crippen molar-refractivity contribution in [3.63, 3.8) is 0 Å². The minimum atomic E-state index is -3.93. The van der Waals surface area contributed by atoms with Crippen LogP contribution in [0.3, 0.4) is 0 Å². The summed E-state index contributed by atoms with van der Waals surface area (Å²) in [5.74, 6) is -0.548. The van der Waals surface area contributed by atoms with E-state index in [9.17, 15) is 28.1 Å². The molecule has 3 atom stereocenters. The number of nitro benzene ring substituents is 1. The van der Waals surface area contributed by atoms with Crippen LogP contribution in [-0.2, 0) is 21.9 Å². The molecule has 0 N–H and O–H groups in total. The number of sulfonamides is 1. The minimum absolute atomic E-state index is 0.0826. The van der Waals surface area contributed by atoms with Crippen LogP contribution < -0.4 is 4.90 Å². The molecule has 5 heterocycles. The van der Waals surface area contributed by atoms with Crippen LogP contribution in [0.2, 0.25) is 0 Å². The number of non-ortho nitro benzene ring substituents is 1. The summed E-state index contributed by atoms with van der Waals surface area (Å²) >= 11 is 0. The predicted molar refractivity (Wildman–Crippen MR) is 118 cm³/mol. The second-order valence-electron chi connectivity index (χ2n) is 8.63. The number of hydrogen-bond acceptors (Lipinski definition) is 7. The molecule has 4 fully saturated rings. The van der Waals surface area contributed by atoms with Gasteiger partial charge in [-0.1, -0.05) is 18.2 Å². The second-order valence-corrected chi connectivity index (χ2v) is 10.4. The Labute approximate surface area is 193 Å². The summed E-state index contributed by atoms with van der Waals surface area (Å²) in [7, 11) is -2.27. The van der Waals surface area contributed by atoms with Crippen LogP contribution in [0, 0.1) is 10.1 Å². The molecule has 0 radical (unpaired) electrons. The molecule has 1 aromatic heterocycles. The fraction of sp³-hybridized carbons (Fsp3) is 0.286. The molecule has 13 heteroatoms. The van der Waals surface area contributed by atoms with Crippen LogP contribution >= 0.6 is 0 Å². The van der Waals surface area contributed by atoms with Crippen molar-refractivity contribution in [1.82, 2.24) is 18.8 Å². The molecule has 0 saturated carbocycles. The number of fused-ring (bicyclic) bond motifs is 1. The minimum Gasteiger partial charge on any atom is -0.339 e. The fourth-order valence-corrected chi connectivity index (χ4v) is 7.09. The first-order valence-electron chi connectivity index (χ1n) is 10.5. The number of amides is 3. The Morgan fingerprint density at radius 1 is 1.12 bits per heavy atom. The van der Waals surface area contributed by atoms with Gasteiger partial charge in [0.15, 0.2) is 5.03 Å². The van der Waals surface area contributed by atoms with Gasteiger partial charge in [-0.2, -0.15) is 4.31 Å². The van der Waals surface area contributed by atoms with Gasteiger partial charge in [0.05, 0.1) is 28.4 Å². The topological polar surface area (TPSA) is 139 Å². The number of nitrogens with zero attached hydrogens (tertiary/aromatic N) is 6. The molecule has 0 spiro atoms. The number of imidazole rings is 1. The number of hydrogen-bond donors (Lipinski definition) is 0. The van der Waals surface area contributed by atoms with Crippen LogP contribution in [0.15, 0.2) is 53.9 Å². The molecule has 1 unspecified atom stereocenters.